The monoisotopic (exact) mass is 488 g/mol. The number of ketones is 1. The number of carbonyl (C=O) groups excluding carboxylic acids is 3. The number of nitrogens with zero attached hydrogens (tertiary/aromatic N) is 2. The van der Waals surface area contributed by atoms with Crippen molar-refractivity contribution in [1.82, 2.24) is 10.3 Å². The maximum atomic E-state index is 13.5. The van der Waals surface area contributed by atoms with Gasteiger partial charge in [0.25, 0.3) is 5.91 Å². The van der Waals surface area contributed by atoms with E-state index in [0.29, 0.717) is 34.1 Å². The highest BCUT2D eigenvalue weighted by atomic mass is 32.1. The number of rotatable bonds is 8. The first-order valence-electron chi connectivity index (χ1n) is 11.9. The summed E-state index contributed by atoms with van der Waals surface area (Å²) in [7, 11) is 0. The summed E-state index contributed by atoms with van der Waals surface area (Å²) in [5.41, 5.74) is 0.857. The van der Waals surface area contributed by atoms with Gasteiger partial charge in [0, 0.05) is 29.5 Å². The molecule has 1 aromatic heterocycles. The van der Waals surface area contributed by atoms with Crippen LogP contribution >= 0.6 is 11.3 Å². The van der Waals surface area contributed by atoms with Crippen LogP contribution in [0.3, 0.4) is 0 Å². The molecule has 4 bridgehead atoms. The second-order valence-corrected chi connectivity index (χ2v) is 10.8. The number of amides is 1. The Bertz CT molecular complexity index is 1270. The Morgan fingerprint density at radius 2 is 1.83 bits per heavy atom. The van der Waals surface area contributed by atoms with Crippen LogP contribution in [0.4, 0.5) is 0 Å². The molecule has 2 aromatic carbocycles. The average molecular weight is 489 g/mol. The lowest BCUT2D eigenvalue weighted by atomic mass is 10.0. The zero-order valence-electron chi connectivity index (χ0n) is 19.1. The molecule has 4 aliphatic rings. The van der Waals surface area contributed by atoms with E-state index in [1.807, 2.05) is 60.7 Å². The minimum Gasteiger partial charge on any atom is -0.450 e. The molecule has 3 saturated heterocycles. The fourth-order valence-electron chi connectivity index (χ4n) is 6.23. The second-order valence-electron chi connectivity index (χ2n) is 9.89. The molecule has 4 heterocycles. The Balaban J connectivity index is 1.20. The van der Waals surface area contributed by atoms with Gasteiger partial charge in [-0.3, -0.25) is 9.59 Å². The van der Waals surface area contributed by atoms with Gasteiger partial charge < -0.3 is 14.5 Å². The third-order valence-corrected chi connectivity index (χ3v) is 8.62. The Kier molecular flexibility index (Phi) is 5.30. The summed E-state index contributed by atoms with van der Waals surface area (Å²) in [6.45, 7) is 2.88. The molecule has 0 radical (unpaired) electrons. The number of carbonyl (C=O) groups is 3. The van der Waals surface area contributed by atoms with Gasteiger partial charge in [-0.05, 0) is 5.56 Å². The number of quaternary nitrogens is 1. The Hall–Kier alpha value is -3.36. The SMILES string of the molecule is O=C(C[N+]12CCC3C(C1)[C@@]3(OC(=O)C(NC(=O)c1nccs1)c1ccccc1)C2)c1ccccc1. The molecular formula is C27H26N3O4S+. The van der Waals surface area contributed by atoms with Gasteiger partial charge in [0.2, 0.25) is 5.78 Å². The fourth-order valence-corrected chi connectivity index (χ4v) is 6.77. The smallest absolute Gasteiger partial charge is 0.334 e. The van der Waals surface area contributed by atoms with Gasteiger partial charge in [0.1, 0.15) is 13.1 Å². The number of piperidine rings is 3. The number of benzene rings is 2. The number of esters is 1. The van der Waals surface area contributed by atoms with Crippen LogP contribution in [0, 0.1) is 11.8 Å². The summed E-state index contributed by atoms with van der Waals surface area (Å²) in [6, 6.07) is 17.6. The molecule has 7 nitrogen and oxygen atoms in total. The summed E-state index contributed by atoms with van der Waals surface area (Å²) >= 11 is 1.22. The predicted molar refractivity (Wildman–Crippen MR) is 130 cm³/mol. The lowest BCUT2D eigenvalue weighted by Gasteiger charge is -2.41. The highest BCUT2D eigenvalue weighted by Crippen LogP contribution is 2.65. The van der Waals surface area contributed by atoms with Crippen LogP contribution in [-0.2, 0) is 9.53 Å². The van der Waals surface area contributed by atoms with Crippen molar-refractivity contribution in [3.8, 4) is 0 Å². The molecule has 1 aliphatic carbocycles. The molecule has 1 amide bonds. The van der Waals surface area contributed by atoms with E-state index in [-0.39, 0.29) is 11.7 Å². The molecule has 5 atom stereocenters. The first-order chi connectivity index (χ1) is 17.0. The normalized spacial score (nSPS) is 28.7. The third-order valence-electron chi connectivity index (χ3n) is 7.85. The summed E-state index contributed by atoms with van der Waals surface area (Å²) in [5, 5.41) is 4.85. The predicted octanol–water partition coefficient (Wildman–Crippen LogP) is 3.26. The van der Waals surface area contributed by atoms with Gasteiger partial charge in [-0.15, -0.1) is 11.3 Å². The standard InChI is InChI=1S/C27H25N3O4S/c31-22(18-7-3-1-4-8-18)16-30-13-11-20-21(15-30)27(20,17-30)34-26(33)23(19-9-5-2-6-10-19)29-24(32)25-28-12-14-35-25/h1-10,12,14,20-21,23H,11,13,15-17H2/p+1/t20?,21?,23?,27-,30?/m1/s1. The summed E-state index contributed by atoms with van der Waals surface area (Å²) in [4.78, 5) is 43.3. The van der Waals surface area contributed by atoms with E-state index < -0.39 is 23.5 Å². The molecule has 4 unspecified atom stereocenters. The van der Waals surface area contributed by atoms with Gasteiger partial charge in [0.15, 0.2) is 16.7 Å². The van der Waals surface area contributed by atoms with Crippen molar-refractivity contribution < 1.29 is 23.6 Å². The van der Waals surface area contributed by atoms with Crippen LogP contribution in [0.15, 0.2) is 72.2 Å². The van der Waals surface area contributed by atoms with E-state index in [9.17, 15) is 14.4 Å². The van der Waals surface area contributed by atoms with Crippen LogP contribution in [0.25, 0.3) is 0 Å². The molecule has 3 aliphatic heterocycles. The molecule has 7 rings (SSSR count). The third kappa shape index (κ3) is 3.86. The topological polar surface area (TPSA) is 85.4 Å². The largest absolute Gasteiger partial charge is 0.450 e. The molecule has 4 fully saturated rings. The lowest BCUT2D eigenvalue weighted by Crippen LogP contribution is -2.57. The minimum absolute atomic E-state index is 0.129. The first-order valence-corrected chi connectivity index (χ1v) is 12.8. The van der Waals surface area contributed by atoms with Gasteiger partial charge in [0.05, 0.1) is 19.0 Å². The Morgan fingerprint density at radius 1 is 1.09 bits per heavy atom. The first kappa shape index (κ1) is 22.1. The van der Waals surface area contributed by atoms with Crippen molar-refractivity contribution in [2.45, 2.75) is 18.1 Å². The molecule has 178 valence electrons. The molecule has 35 heavy (non-hydrogen) atoms. The summed E-state index contributed by atoms with van der Waals surface area (Å²) in [5.74, 6) is -0.113. The van der Waals surface area contributed by atoms with Crippen molar-refractivity contribution in [3.05, 3.63) is 88.4 Å². The number of hydrogen-bond donors (Lipinski definition) is 1. The van der Waals surface area contributed by atoms with Gasteiger partial charge in [-0.1, -0.05) is 60.7 Å². The molecule has 1 N–H and O–H groups in total. The minimum atomic E-state index is -0.920. The number of Topliss-reactive ketones (excluding diaryl/α,β-unsaturated/α-hetero) is 1. The van der Waals surface area contributed by atoms with E-state index >= 15 is 0 Å². The molecule has 3 aromatic rings. The van der Waals surface area contributed by atoms with E-state index in [1.165, 1.54) is 11.3 Å². The van der Waals surface area contributed by atoms with Crippen molar-refractivity contribution >= 4 is 29.0 Å². The van der Waals surface area contributed by atoms with E-state index in [4.69, 9.17) is 4.74 Å². The van der Waals surface area contributed by atoms with Crippen LogP contribution in [0.1, 0.15) is 38.2 Å². The van der Waals surface area contributed by atoms with Gasteiger partial charge >= 0.3 is 5.97 Å². The van der Waals surface area contributed by atoms with Crippen LogP contribution < -0.4 is 5.32 Å². The maximum Gasteiger partial charge on any atom is 0.334 e. The fraction of sp³-hybridized carbons (Fsp3) is 0.333. The average Bonchev–Trinajstić information content (AvgIpc) is 3.22. The van der Waals surface area contributed by atoms with Gasteiger partial charge in [-0.25, -0.2) is 9.78 Å². The number of ether oxygens (including phenoxy) is 1. The van der Waals surface area contributed by atoms with Crippen LogP contribution in [0.5, 0.6) is 0 Å². The van der Waals surface area contributed by atoms with E-state index in [1.54, 1.807) is 11.6 Å². The van der Waals surface area contributed by atoms with Crippen LogP contribution in [-0.4, -0.2) is 58.9 Å². The van der Waals surface area contributed by atoms with E-state index in [0.717, 1.165) is 25.1 Å². The zero-order valence-corrected chi connectivity index (χ0v) is 19.9. The number of nitrogens with one attached hydrogen (secondary N) is 1. The Labute approximate surface area is 207 Å². The van der Waals surface area contributed by atoms with Gasteiger partial charge in [-0.2, -0.15) is 0 Å². The zero-order chi connectivity index (χ0) is 24.0. The number of fused-ring (bicyclic) bond motifs is 1. The molecule has 1 saturated carbocycles. The lowest BCUT2D eigenvalue weighted by molar-refractivity contribution is -0.922. The Morgan fingerprint density at radius 3 is 2.54 bits per heavy atom. The number of hydrogen-bond acceptors (Lipinski definition) is 6. The van der Waals surface area contributed by atoms with Crippen molar-refractivity contribution in [1.29, 1.82) is 0 Å². The summed E-state index contributed by atoms with van der Waals surface area (Å²) in [6.07, 6.45) is 2.51. The maximum absolute atomic E-state index is 13.5. The highest BCUT2D eigenvalue weighted by molar-refractivity contribution is 7.11. The van der Waals surface area contributed by atoms with Crippen molar-refractivity contribution in [3.63, 3.8) is 0 Å². The van der Waals surface area contributed by atoms with Crippen molar-refractivity contribution in [2.24, 2.45) is 11.8 Å². The highest BCUT2D eigenvalue weighted by Gasteiger charge is 2.81. The molecule has 8 heteroatoms. The quantitative estimate of drug-likeness (QED) is 0.299. The molecule has 0 spiro atoms. The summed E-state index contributed by atoms with van der Waals surface area (Å²) < 4.78 is 6.93. The number of thiazole rings is 1. The second kappa shape index (κ2) is 8.39. The van der Waals surface area contributed by atoms with Crippen molar-refractivity contribution in [2.75, 3.05) is 26.2 Å². The van der Waals surface area contributed by atoms with E-state index in [2.05, 4.69) is 10.3 Å². The molecular weight excluding hydrogens is 462 g/mol. The number of aromatic nitrogens is 1. The van der Waals surface area contributed by atoms with Crippen LogP contribution in [0.2, 0.25) is 0 Å².